The molecule has 2 aromatic heterocycles. The second kappa shape index (κ2) is 8.69. The number of nitrogens with one attached hydrogen (secondary N) is 1. The van der Waals surface area contributed by atoms with Gasteiger partial charge in [-0.2, -0.15) is 0 Å². The number of aromatic nitrogens is 2. The maximum atomic E-state index is 14.4. The number of amides is 1. The Labute approximate surface area is 173 Å². The van der Waals surface area contributed by atoms with Gasteiger partial charge in [0.05, 0.1) is 5.52 Å². The molecule has 1 N–H and O–H groups in total. The van der Waals surface area contributed by atoms with Crippen molar-refractivity contribution in [3.05, 3.63) is 95.7 Å². The zero-order chi connectivity index (χ0) is 20.9. The Morgan fingerprint density at radius 1 is 0.967 bits per heavy atom. The summed E-state index contributed by atoms with van der Waals surface area (Å²) in [6.45, 7) is 2.42. The van der Waals surface area contributed by atoms with E-state index in [1.54, 1.807) is 24.7 Å². The van der Waals surface area contributed by atoms with Crippen molar-refractivity contribution in [1.82, 2.24) is 15.3 Å². The van der Waals surface area contributed by atoms with E-state index in [0.717, 1.165) is 28.5 Å². The van der Waals surface area contributed by atoms with Crippen LogP contribution in [-0.2, 0) is 13.0 Å². The minimum Gasteiger partial charge on any atom is -0.453 e. The van der Waals surface area contributed by atoms with Crippen LogP contribution in [0.25, 0.3) is 10.9 Å². The van der Waals surface area contributed by atoms with Crippen LogP contribution >= 0.6 is 0 Å². The number of benzene rings is 2. The predicted octanol–water partition coefficient (Wildman–Crippen LogP) is 5.05. The zero-order valence-corrected chi connectivity index (χ0v) is 16.4. The van der Waals surface area contributed by atoms with Gasteiger partial charge in [-0.05, 0) is 66.1 Å². The van der Waals surface area contributed by atoms with Crippen molar-refractivity contribution >= 4 is 16.8 Å². The highest BCUT2D eigenvalue weighted by Crippen LogP contribution is 2.31. The Balaban J connectivity index is 1.56. The van der Waals surface area contributed by atoms with Gasteiger partial charge in [0.15, 0.2) is 11.6 Å². The van der Waals surface area contributed by atoms with Crippen LogP contribution in [0.2, 0.25) is 0 Å². The van der Waals surface area contributed by atoms with Gasteiger partial charge in [0.25, 0.3) is 5.91 Å². The number of aryl methyl sites for hydroxylation is 1. The van der Waals surface area contributed by atoms with Crippen molar-refractivity contribution < 1.29 is 13.9 Å². The number of ether oxygens (including phenoxy) is 1. The van der Waals surface area contributed by atoms with Gasteiger partial charge in [-0.15, -0.1) is 0 Å². The van der Waals surface area contributed by atoms with Crippen molar-refractivity contribution in [2.45, 2.75) is 19.9 Å². The molecule has 0 aliphatic carbocycles. The minimum atomic E-state index is -0.546. The molecule has 0 fully saturated rings. The van der Waals surface area contributed by atoms with Gasteiger partial charge in [0.2, 0.25) is 0 Å². The maximum absolute atomic E-state index is 14.4. The largest absolute Gasteiger partial charge is 0.453 e. The highest BCUT2D eigenvalue weighted by atomic mass is 19.1. The van der Waals surface area contributed by atoms with Crippen molar-refractivity contribution in [3.63, 3.8) is 0 Å². The fourth-order valence-electron chi connectivity index (χ4n) is 3.10. The normalized spacial score (nSPS) is 10.7. The number of hydrogen-bond acceptors (Lipinski definition) is 4. The van der Waals surface area contributed by atoms with E-state index in [-0.39, 0.29) is 11.7 Å². The van der Waals surface area contributed by atoms with Crippen LogP contribution in [0.15, 0.2) is 73.2 Å². The smallest absolute Gasteiger partial charge is 0.251 e. The number of pyridine rings is 2. The number of halogens is 1. The summed E-state index contributed by atoms with van der Waals surface area (Å²) in [4.78, 5) is 20.8. The molecular formula is C24H20FN3O2. The summed E-state index contributed by atoms with van der Waals surface area (Å²) in [5, 5.41) is 3.59. The fraction of sp³-hybridized carbons (Fsp3) is 0.125. The van der Waals surface area contributed by atoms with Gasteiger partial charge in [-0.3, -0.25) is 14.8 Å². The van der Waals surface area contributed by atoms with Crippen molar-refractivity contribution in [2.24, 2.45) is 0 Å². The maximum Gasteiger partial charge on any atom is 0.251 e. The Bertz CT molecular complexity index is 1200. The summed E-state index contributed by atoms with van der Waals surface area (Å²) < 4.78 is 20.3. The average Bonchev–Trinajstić information content (AvgIpc) is 2.79. The lowest BCUT2D eigenvalue weighted by molar-refractivity contribution is 0.0950. The first-order valence-electron chi connectivity index (χ1n) is 9.66. The lowest BCUT2D eigenvalue weighted by Crippen LogP contribution is -2.22. The van der Waals surface area contributed by atoms with E-state index >= 15 is 0 Å². The lowest BCUT2D eigenvalue weighted by atomic mass is 10.1. The summed E-state index contributed by atoms with van der Waals surface area (Å²) in [6, 6.07) is 15.3. The molecule has 0 unspecified atom stereocenters. The summed E-state index contributed by atoms with van der Waals surface area (Å²) in [5.74, 6) is -0.394. The summed E-state index contributed by atoms with van der Waals surface area (Å²) in [7, 11) is 0. The number of hydrogen-bond donors (Lipinski definition) is 1. The summed E-state index contributed by atoms with van der Waals surface area (Å²) in [5.41, 5.74) is 3.17. The number of carbonyl (C=O) groups is 1. The monoisotopic (exact) mass is 401 g/mol. The molecule has 0 saturated carbocycles. The molecule has 4 rings (SSSR count). The molecule has 30 heavy (non-hydrogen) atoms. The van der Waals surface area contributed by atoms with E-state index in [1.165, 1.54) is 18.2 Å². The zero-order valence-electron chi connectivity index (χ0n) is 16.4. The second-order valence-corrected chi connectivity index (χ2v) is 6.80. The molecule has 0 aliphatic rings. The van der Waals surface area contributed by atoms with Crippen LogP contribution in [0.4, 0.5) is 4.39 Å². The second-order valence-electron chi connectivity index (χ2n) is 6.80. The molecule has 150 valence electrons. The van der Waals surface area contributed by atoms with Crippen LogP contribution in [0.3, 0.4) is 0 Å². The molecule has 0 spiro atoms. The molecule has 0 atom stereocenters. The Morgan fingerprint density at radius 3 is 2.60 bits per heavy atom. The first-order valence-corrected chi connectivity index (χ1v) is 9.66. The fourth-order valence-corrected chi connectivity index (χ4v) is 3.10. The molecular weight excluding hydrogens is 381 g/mol. The summed E-state index contributed by atoms with van der Waals surface area (Å²) >= 11 is 0. The molecule has 1 amide bonds. The van der Waals surface area contributed by atoms with Crippen molar-refractivity contribution in [3.8, 4) is 11.5 Å². The van der Waals surface area contributed by atoms with Crippen LogP contribution in [0.1, 0.15) is 28.4 Å². The predicted molar refractivity (Wildman–Crippen MR) is 113 cm³/mol. The van der Waals surface area contributed by atoms with Gasteiger partial charge >= 0.3 is 0 Å². The first-order chi connectivity index (χ1) is 14.6. The SMILES string of the molecule is CCc1ccc2c(Oc3cc(C(=O)NCc4ccncc4)ccc3F)ccnc2c1. The van der Waals surface area contributed by atoms with E-state index in [4.69, 9.17) is 4.74 Å². The molecule has 4 aromatic rings. The van der Waals surface area contributed by atoms with E-state index in [1.807, 2.05) is 30.3 Å². The molecule has 0 bridgehead atoms. The number of fused-ring (bicyclic) bond motifs is 1. The molecule has 0 radical (unpaired) electrons. The highest BCUT2D eigenvalue weighted by molar-refractivity contribution is 5.94. The quantitative estimate of drug-likeness (QED) is 0.491. The number of rotatable bonds is 6. The van der Waals surface area contributed by atoms with Crippen molar-refractivity contribution in [2.75, 3.05) is 0 Å². The third-order valence-corrected chi connectivity index (χ3v) is 4.79. The van der Waals surface area contributed by atoms with E-state index in [2.05, 4.69) is 22.2 Å². The topological polar surface area (TPSA) is 64.1 Å². The van der Waals surface area contributed by atoms with Gasteiger partial charge in [0.1, 0.15) is 5.75 Å². The van der Waals surface area contributed by atoms with Gasteiger partial charge in [-0.1, -0.05) is 13.0 Å². The minimum absolute atomic E-state index is 0.0152. The third kappa shape index (κ3) is 4.27. The van der Waals surface area contributed by atoms with E-state index in [0.29, 0.717) is 17.9 Å². The van der Waals surface area contributed by atoms with E-state index < -0.39 is 5.82 Å². The molecule has 0 aliphatic heterocycles. The first kappa shape index (κ1) is 19.5. The molecule has 2 heterocycles. The molecule has 0 saturated heterocycles. The lowest BCUT2D eigenvalue weighted by Gasteiger charge is -2.12. The molecule has 5 nitrogen and oxygen atoms in total. The Hall–Kier alpha value is -3.80. The standard InChI is InChI=1S/C24H20FN3O2/c1-2-16-3-5-19-21(13-16)27-12-9-22(19)30-23-14-18(4-6-20(23)25)24(29)28-15-17-7-10-26-11-8-17/h3-14H,2,15H2,1H3,(H,28,29). The van der Waals surface area contributed by atoms with Crippen LogP contribution in [0.5, 0.6) is 11.5 Å². The summed E-state index contributed by atoms with van der Waals surface area (Å²) in [6.07, 6.45) is 5.84. The van der Waals surface area contributed by atoms with Gasteiger partial charge < -0.3 is 10.1 Å². The van der Waals surface area contributed by atoms with Gasteiger partial charge in [0, 0.05) is 36.1 Å². The molecule has 2 aromatic carbocycles. The van der Waals surface area contributed by atoms with Gasteiger partial charge in [-0.25, -0.2) is 4.39 Å². The highest BCUT2D eigenvalue weighted by Gasteiger charge is 2.13. The molecule has 6 heteroatoms. The van der Waals surface area contributed by atoms with Crippen LogP contribution < -0.4 is 10.1 Å². The Morgan fingerprint density at radius 2 is 1.80 bits per heavy atom. The van der Waals surface area contributed by atoms with Crippen LogP contribution in [-0.4, -0.2) is 15.9 Å². The number of nitrogens with zero attached hydrogens (tertiary/aromatic N) is 2. The average molecular weight is 401 g/mol. The Kier molecular flexibility index (Phi) is 5.66. The van der Waals surface area contributed by atoms with Crippen LogP contribution in [0, 0.1) is 5.82 Å². The van der Waals surface area contributed by atoms with E-state index in [9.17, 15) is 9.18 Å². The number of carbonyl (C=O) groups excluding carboxylic acids is 1. The third-order valence-electron chi connectivity index (χ3n) is 4.79. The van der Waals surface area contributed by atoms with Crippen molar-refractivity contribution in [1.29, 1.82) is 0 Å².